The normalized spacial score (nSPS) is 15.9. The van der Waals surface area contributed by atoms with Crippen LogP contribution >= 0.6 is 0 Å². The van der Waals surface area contributed by atoms with E-state index in [1.54, 1.807) is 0 Å². The Morgan fingerprint density at radius 2 is 2.06 bits per heavy atom. The average molecular weight is 258 g/mol. The molecule has 2 N–H and O–H groups in total. The molecule has 1 aliphatic rings. The Morgan fingerprint density at radius 3 is 2.56 bits per heavy atom. The van der Waals surface area contributed by atoms with E-state index in [1.165, 1.54) is 18.9 Å². The van der Waals surface area contributed by atoms with Gasteiger partial charge in [0.2, 0.25) is 11.8 Å². The van der Waals surface area contributed by atoms with Gasteiger partial charge in [-0.3, -0.25) is 9.59 Å². The molecule has 1 fully saturated rings. The number of amides is 2. The number of likely N-dealkylation sites (N-methyl/N-ethyl adjacent to an activating group) is 1. The molecule has 1 saturated carbocycles. The molecule has 2 amide bonds. The molecule has 102 valence electrons. The van der Waals surface area contributed by atoms with Gasteiger partial charge in [0.1, 0.15) is 6.61 Å². The van der Waals surface area contributed by atoms with Crippen molar-refractivity contribution in [1.82, 2.24) is 10.2 Å². The van der Waals surface area contributed by atoms with Crippen LogP contribution in [0.3, 0.4) is 0 Å². The topological polar surface area (TPSA) is 95.9 Å². The van der Waals surface area contributed by atoms with E-state index in [9.17, 15) is 14.4 Å². The summed E-state index contributed by atoms with van der Waals surface area (Å²) >= 11 is 0. The molecule has 0 saturated heterocycles. The standard InChI is InChI=1S/C11H18N2O5/c1-7(11(16)17)18-6-10(15)13(2)5-9(14)12-8-3-4-8/h7-8H,3-6H2,1-2H3,(H,12,14)(H,16,17). The zero-order chi connectivity index (χ0) is 13.7. The van der Waals surface area contributed by atoms with Crippen molar-refractivity contribution < 1.29 is 24.2 Å². The fourth-order valence-electron chi connectivity index (χ4n) is 1.18. The molecular formula is C11H18N2O5. The van der Waals surface area contributed by atoms with Gasteiger partial charge in [0.15, 0.2) is 6.10 Å². The van der Waals surface area contributed by atoms with Crippen LogP contribution in [-0.4, -0.2) is 60.1 Å². The molecule has 7 heteroatoms. The maximum atomic E-state index is 11.5. The van der Waals surface area contributed by atoms with Crippen LogP contribution in [0, 0.1) is 0 Å². The van der Waals surface area contributed by atoms with Crippen LogP contribution in [0.5, 0.6) is 0 Å². The van der Waals surface area contributed by atoms with E-state index >= 15 is 0 Å². The lowest BCUT2D eigenvalue weighted by Gasteiger charge is -2.17. The predicted molar refractivity (Wildman–Crippen MR) is 61.9 cm³/mol. The second-order valence-electron chi connectivity index (χ2n) is 4.38. The summed E-state index contributed by atoms with van der Waals surface area (Å²) in [7, 11) is 1.48. The number of ether oxygens (including phenoxy) is 1. The highest BCUT2D eigenvalue weighted by molar-refractivity contribution is 5.85. The summed E-state index contributed by atoms with van der Waals surface area (Å²) in [5.41, 5.74) is 0. The quantitative estimate of drug-likeness (QED) is 0.624. The number of carboxylic acid groups (broad SMARTS) is 1. The van der Waals surface area contributed by atoms with E-state index < -0.39 is 18.0 Å². The Balaban J connectivity index is 2.22. The summed E-state index contributed by atoms with van der Waals surface area (Å²) in [6.45, 7) is 0.955. The van der Waals surface area contributed by atoms with Gasteiger partial charge >= 0.3 is 5.97 Å². The minimum absolute atomic E-state index is 0.0415. The van der Waals surface area contributed by atoms with E-state index in [-0.39, 0.29) is 25.1 Å². The number of rotatable bonds is 7. The van der Waals surface area contributed by atoms with Gasteiger partial charge in [-0.05, 0) is 19.8 Å². The van der Waals surface area contributed by atoms with Gasteiger partial charge in [-0.2, -0.15) is 0 Å². The highest BCUT2D eigenvalue weighted by Gasteiger charge is 2.24. The van der Waals surface area contributed by atoms with Crippen LogP contribution in [0.4, 0.5) is 0 Å². The molecule has 0 bridgehead atoms. The second kappa shape index (κ2) is 6.34. The summed E-state index contributed by atoms with van der Waals surface area (Å²) in [6, 6.07) is 0.254. The summed E-state index contributed by atoms with van der Waals surface area (Å²) in [5.74, 6) is -1.76. The minimum Gasteiger partial charge on any atom is -0.479 e. The third-order valence-corrected chi connectivity index (χ3v) is 2.55. The van der Waals surface area contributed by atoms with Gasteiger partial charge in [0, 0.05) is 13.1 Å². The number of nitrogens with zero attached hydrogens (tertiary/aromatic N) is 1. The highest BCUT2D eigenvalue weighted by Crippen LogP contribution is 2.18. The number of nitrogens with one attached hydrogen (secondary N) is 1. The van der Waals surface area contributed by atoms with Crippen molar-refractivity contribution >= 4 is 17.8 Å². The molecule has 1 rings (SSSR count). The van der Waals surface area contributed by atoms with Crippen LogP contribution in [-0.2, 0) is 19.1 Å². The zero-order valence-corrected chi connectivity index (χ0v) is 10.5. The summed E-state index contributed by atoms with van der Waals surface area (Å²) in [5, 5.41) is 11.3. The molecule has 18 heavy (non-hydrogen) atoms. The SMILES string of the molecule is CC(OCC(=O)N(C)CC(=O)NC1CC1)C(=O)O. The number of carbonyl (C=O) groups excluding carboxylic acids is 2. The van der Waals surface area contributed by atoms with Crippen molar-refractivity contribution in [2.75, 3.05) is 20.2 Å². The number of hydrogen-bond acceptors (Lipinski definition) is 4. The zero-order valence-electron chi connectivity index (χ0n) is 10.5. The van der Waals surface area contributed by atoms with E-state index in [4.69, 9.17) is 9.84 Å². The molecule has 0 radical (unpaired) electrons. The molecule has 1 aliphatic carbocycles. The summed E-state index contributed by atoms with van der Waals surface area (Å²) in [6.07, 6.45) is 0.938. The Labute approximate surface area is 105 Å². The lowest BCUT2D eigenvalue weighted by atomic mass is 10.4. The van der Waals surface area contributed by atoms with E-state index in [1.807, 2.05) is 0 Å². The average Bonchev–Trinajstić information content (AvgIpc) is 3.08. The van der Waals surface area contributed by atoms with Gasteiger partial charge in [-0.1, -0.05) is 0 Å². The lowest BCUT2D eigenvalue weighted by Crippen LogP contribution is -2.41. The summed E-state index contributed by atoms with van der Waals surface area (Å²) in [4.78, 5) is 34.6. The number of hydrogen-bond donors (Lipinski definition) is 2. The highest BCUT2D eigenvalue weighted by atomic mass is 16.5. The fourth-order valence-corrected chi connectivity index (χ4v) is 1.18. The van der Waals surface area contributed by atoms with Crippen LogP contribution in [0.1, 0.15) is 19.8 Å². The first-order chi connectivity index (χ1) is 8.40. The summed E-state index contributed by atoms with van der Waals surface area (Å²) < 4.78 is 4.84. The maximum absolute atomic E-state index is 11.5. The number of carboxylic acids is 1. The monoisotopic (exact) mass is 258 g/mol. The van der Waals surface area contributed by atoms with Crippen LogP contribution in [0.2, 0.25) is 0 Å². The van der Waals surface area contributed by atoms with Gasteiger partial charge in [0.05, 0.1) is 6.54 Å². The Hall–Kier alpha value is -1.63. The largest absolute Gasteiger partial charge is 0.479 e. The fraction of sp³-hybridized carbons (Fsp3) is 0.727. The van der Waals surface area contributed by atoms with E-state index in [2.05, 4.69) is 5.32 Å². The molecule has 0 aromatic heterocycles. The first kappa shape index (κ1) is 14.4. The number of aliphatic carboxylic acids is 1. The Kier molecular flexibility index (Phi) is 5.08. The van der Waals surface area contributed by atoms with Crippen molar-refractivity contribution in [1.29, 1.82) is 0 Å². The van der Waals surface area contributed by atoms with Crippen molar-refractivity contribution in [2.24, 2.45) is 0 Å². The second-order valence-corrected chi connectivity index (χ2v) is 4.38. The molecule has 0 heterocycles. The maximum Gasteiger partial charge on any atom is 0.332 e. The molecule has 1 unspecified atom stereocenters. The van der Waals surface area contributed by atoms with Gasteiger partial charge in [-0.15, -0.1) is 0 Å². The molecule has 0 aromatic carbocycles. The number of carbonyl (C=O) groups is 3. The van der Waals surface area contributed by atoms with Gasteiger partial charge in [-0.25, -0.2) is 4.79 Å². The smallest absolute Gasteiger partial charge is 0.332 e. The lowest BCUT2D eigenvalue weighted by molar-refractivity contribution is -0.153. The van der Waals surface area contributed by atoms with Crippen molar-refractivity contribution in [3.8, 4) is 0 Å². The third kappa shape index (κ3) is 5.13. The first-order valence-corrected chi connectivity index (χ1v) is 5.78. The Morgan fingerprint density at radius 1 is 1.44 bits per heavy atom. The van der Waals surface area contributed by atoms with Gasteiger partial charge in [0.25, 0.3) is 0 Å². The van der Waals surface area contributed by atoms with Crippen molar-refractivity contribution in [3.63, 3.8) is 0 Å². The van der Waals surface area contributed by atoms with Crippen LogP contribution in [0.15, 0.2) is 0 Å². The molecule has 0 spiro atoms. The molecule has 1 atom stereocenters. The molecule has 7 nitrogen and oxygen atoms in total. The van der Waals surface area contributed by atoms with Crippen molar-refractivity contribution in [2.45, 2.75) is 31.9 Å². The minimum atomic E-state index is -1.13. The van der Waals surface area contributed by atoms with E-state index in [0.717, 1.165) is 12.8 Å². The molecule has 0 aliphatic heterocycles. The van der Waals surface area contributed by atoms with E-state index in [0.29, 0.717) is 0 Å². The van der Waals surface area contributed by atoms with Crippen LogP contribution in [0.25, 0.3) is 0 Å². The van der Waals surface area contributed by atoms with Gasteiger partial charge < -0.3 is 20.1 Å². The third-order valence-electron chi connectivity index (χ3n) is 2.55. The molecule has 0 aromatic rings. The predicted octanol–water partition coefficient (Wildman–Crippen LogP) is -0.787. The van der Waals surface area contributed by atoms with Crippen molar-refractivity contribution in [3.05, 3.63) is 0 Å². The molecular weight excluding hydrogens is 240 g/mol. The van der Waals surface area contributed by atoms with Crippen LogP contribution < -0.4 is 5.32 Å². The Bertz CT molecular complexity index is 340. The first-order valence-electron chi connectivity index (χ1n) is 5.78.